The monoisotopic (exact) mass is 270 g/mol. The Labute approximate surface area is 115 Å². The van der Waals surface area contributed by atoms with Gasteiger partial charge in [-0.1, -0.05) is 30.7 Å². The summed E-state index contributed by atoms with van der Waals surface area (Å²) in [7, 11) is 0. The van der Waals surface area contributed by atoms with E-state index in [1.165, 1.54) is 0 Å². The molecule has 3 nitrogen and oxygen atoms in total. The van der Waals surface area contributed by atoms with Gasteiger partial charge in [0.15, 0.2) is 0 Å². The molecule has 3 N–H and O–H groups in total. The van der Waals surface area contributed by atoms with Crippen LogP contribution in [0.4, 0.5) is 0 Å². The summed E-state index contributed by atoms with van der Waals surface area (Å²) < 4.78 is 0. The summed E-state index contributed by atoms with van der Waals surface area (Å²) in [5.74, 6) is 0. The van der Waals surface area contributed by atoms with Crippen LogP contribution in [0.3, 0.4) is 0 Å². The van der Waals surface area contributed by atoms with Gasteiger partial charge in [-0.15, -0.1) is 0 Å². The minimum absolute atomic E-state index is 0.0203. The van der Waals surface area contributed by atoms with Crippen LogP contribution in [-0.2, 0) is 0 Å². The second kappa shape index (κ2) is 8.48. The van der Waals surface area contributed by atoms with Crippen molar-refractivity contribution >= 4 is 11.6 Å². The fraction of sp³-hybridized carbons (Fsp3) is 0.571. The summed E-state index contributed by atoms with van der Waals surface area (Å²) in [6.45, 7) is 5.24. The molecule has 0 heterocycles. The Bertz CT molecular complexity index is 346. The second-order valence-corrected chi connectivity index (χ2v) is 4.90. The Kier molecular flexibility index (Phi) is 7.28. The highest BCUT2D eigenvalue weighted by Crippen LogP contribution is 2.18. The van der Waals surface area contributed by atoms with Gasteiger partial charge >= 0.3 is 0 Å². The number of nitrogens with two attached hydrogens (primary N) is 1. The minimum Gasteiger partial charge on any atom is -0.396 e. The Balaban J connectivity index is 2.42. The highest BCUT2D eigenvalue weighted by atomic mass is 35.5. The number of aliphatic hydroxyl groups excluding tert-OH is 1. The lowest BCUT2D eigenvalue weighted by Crippen LogP contribution is -2.28. The van der Waals surface area contributed by atoms with Gasteiger partial charge in [0.05, 0.1) is 0 Å². The third-order valence-corrected chi connectivity index (χ3v) is 3.35. The lowest BCUT2D eigenvalue weighted by Gasteiger charge is -2.22. The van der Waals surface area contributed by atoms with Gasteiger partial charge in [-0.25, -0.2) is 0 Å². The summed E-state index contributed by atoms with van der Waals surface area (Å²) >= 11 is 5.95. The van der Waals surface area contributed by atoms with Gasteiger partial charge in [-0.3, -0.25) is 0 Å². The van der Waals surface area contributed by atoms with Gasteiger partial charge in [-0.2, -0.15) is 0 Å². The Morgan fingerprint density at radius 2 is 2.17 bits per heavy atom. The number of halogens is 1. The summed E-state index contributed by atoms with van der Waals surface area (Å²) in [6, 6.07) is 7.75. The van der Waals surface area contributed by atoms with E-state index < -0.39 is 0 Å². The molecule has 0 saturated heterocycles. The van der Waals surface area contributed by atoms with E-state index in [0.717, 1.165) is 43.1 Å². The molecular weight excluding hydrogens is 248 g/mol. The molecular formula is C14H23ClN2O. The second-order valence-electron chi connectivity index (χ2n) is 4.46. The SMILES string of the molecule is CCN(CCCO)CCC(N)c1cccc(Cl)c1. The van der Waals surface area contributed by atoms with Gasteiger partial charge in [0.25, 0.3) is 0 Å². The van der Waals surface area contributed by atoms with Crippen molar-refractivity contribution in [2.75, 3.05) is 26.2 Å². The molecule has 0 amide bonds. The molecule has 1 atom stereocenters. The van der Waals surface area contributed by atoms with E-state index in [1.807, 2.05) is 24.3 Å². The minimum atomic E-state index is 0.0203. The summed E-state index contributed by atoms with van der Waals surface area (Å²) in [4.78, 5) is 2.31. The van der Waals surface area contributed by atoms with Gasteiger partial charge in [0, 0.05) is 24.2 Å². The van der Waals surface area contributed by atoms with Crippen LogP contribution >= 0.6 is 11.6 Å². The molecule has 0 fully saturated rings. The first-order valence-corrected chi connectivity index (χ1v) is 6.89. The van der Waals surface area contributed by atoms with Crippen molar-refractivity contribution in [1.29, 1.82) is 0 Å². The van der Waals surface area contributed by atoms with Crippen LogP contribution < -0.4 is 5.73 Å². The Hall–Kier alpha value is -0.610. The molecule has 0 aliphatic heterocycles. The molecule has 0 aliphatic carbocycles. The van der Waals surface area contributed by atoms with E-state index in [0.29, 0.717) is 0 Å². The number of hydrogen-bond acceptors (Lipinski definition) is 3. The highest BCUT2D eigenvalue weighted by Gasteiger charge is 2.09. The first-order chi connectivity index (χ1) is 8.67. The van der Waals surface area contributed by atoms with E-state index in [4.69, 9.17) is 22.4 Å². The number of rotatable bonds is 8. The van der Waals surface area contributed by atoms with Crippen LogP contribution in [0.15, 0.2) is 24.3 Å². The van der Waals surface area contributed by atoms with Crippen LogP contribution in [0.1, 0.15) is 31.4 Å². The first-order valence-electron chi connectivity index (χ1n) is 6.51. The molecule has 0 radical (unpaired) electrons. The summed E-state index contributed by atoms with van der Waals surface area (Å²) in [5.41, 5.74) is 7.24. The van der Waals surface area contributed by atoms with E-state index in [-0.39, 0.29) is 12.6 Å². The largest absolute Gasteiger partial charge is 0.396 e. The van der Waals surface area contributed by atoms with Crippen molar-refractivity contribution in [1.82, 2.24) is 4.90 Å². The van der Waals surface area contributed by atoms with Crippen molar-refractivity contribution in [3.05, 3.63) is 34.9 Å². The Morgan fingerprint density at radius 3 is 2.78 bits per heavy atom. The molecule has 1 rings (SSSR count). The van der Waals surface area contributed by atoms with Gasteiger partial charge in [0.1, 0.15) is 0 Å². The van der Waals surface area contributed by atoms with E-state index in [2.05, 4.69) is 11.8 Å². The van der Waals surface area contributed by atoms with Gasteiger partial charge in [-0.05, 0) is 43.6 Å². The fourth-order valence-corrected chi connectivity index (χ4v) is 2.15. The molecule has 4 heteroatoms. The maximum Gasteiger partial charge on any atom is 0.0443 e. The molecule has 0 bridgehead atoms. The third kappa shape index (κ3) is 5.36. The van der Waals surface area contributed by atoms with Crippen molar-refractivity contribution < 1.29 is 5.11 Å². The molecule has 0 aliphatic rings. The zero-order valence-electron chi connectivity index (χ0n) is 11.0. The summed E-state index contributed by atoms with van der Waals surface area (Å²) in [5, 5.41) is 9.56. The molecule has 1 aromatic carbocycles. The van der Waals surface area contributed by atoms with Crippen molar-refractivity contribution in [2.45, 2.75) is 25.8 Å². The van der Waals surface area contributed by atoms with Crippen molar-refractivity contribution in [2.24, 2.45) is 5.73 Å². The van der Waals surface area contributed by atoms with Crippen LogP contribution in [0.2, 0.25) is 5.02 Å². The standard InChI is InChI=1S/C14H23ClN2O/c1-2-17(8-4-10-18)9-7-14(16)12-5-3-6-13(15)11-12/h3,5-6,11,14,18H,2,4,7-10,16H2,1H3. The summed E-state index contributed by atoms with van der Waals surface area (Å²) in [6.07, 6.45) is 1.72. The predicted octanol–water partition coefficient (Wildman–Crippen LogP) is 2.43. The van der Waals surface area contributed by atoms with Crippen LogP contribution in [0.5, 0.6) is 0 Å². The average molecular weight is 271 g/mol. The number of benzene rings is 1. The molecule has 1 aromatic rings. The van der Waals surface area contributed by atoms with Crippen molar-refractivity contribution in [3.63, 3.8) is 0 Å². The van der Waals surface area contributed by atoms with E-state index >= 15 is 0 Å². The zero-order valence-corrected chi connectivity index (χ0v) is 11.7. The number of nitrogens with zero attached hydrogens (tertiary/aromatic N) is 1. The van der Waals surface area contributed by atoms with Gasteiger partial charge < -0.3 is 15.7 Å². The average Bonchev–Trinajstić information content (AvgIpc) is 2.38. The maximum atomic E-state index is 8.83. The van der Waals surface area contributed by atoms with Crippen molar-refractivity contribution in [3.8, 4) is 0 Å². The maximum absolute atomic E-state index is 8.83. The first kappa shape index (κ1) is 15.4. The number of hydrogen-bond donors (Lipinski definition) is 2. The number of aliphatic hydroxyl groups is 1. The fourth-order valence-electron chi connectivity index (χ4n) is 1.95. The third-order valence-electron chi connectivity index (χ3n) is 3.11. The Morgan fingerprint density at radius 1 is 1.39 bits per heavy atom. The van der Waals surface area contributed by atoms with Crippen LogP contribution in [0, 0.1) is 0 Å². The normalized spacial score (nSPS) is 12.9. The molecule has 1 unspecified atom stereocenters. The molecule has 102 valence electrons. The zero-order chi connectivity index (χ0) is 13.4. The molecule has 0 aromatic heterocycles. The molecule has 0 spiro atoms. The molecule has 18 heavy (non-hydrogen) atoms. The van der Waals surface area contributed by atoms with Gasteiger partial charge in [0.2, 0.25) is 0 Å². The predicted molar refractivity (Wildman–Crippen MR) is 76.8 cm³/mol. The lowest BCUT2D eigenvalue weighted by molar-refractivity contribution is 0.225. The van der Waals surface area contributed by atoms with Crippen LogP contribution in [-0.4, -0.2) is 36.2 Å². The molecule has 0 saturated carbocycles. The smallest absolute Gasteiger partial charge is 0.0443 e. The van der Waals surface area contributed by atoms with E-state index in [1.54, 1.807) is 0 Å². The quantitative estimate of drug-likeness (QED) is 0.763. The highest BCUT2D eigenvalue weighted by molar-refractivity contribution is 6.30. The lowest BCUT2D eigenvalue weighted by atomic mass is 10.0. The van der Waals surface area contributed by atoms with E-state index in [9.17, 15) is 0 Å². The topological polar surface area (TPSA) is 49.5 Å². The van der Waals surface area contributed by atoms with Crippen LogP contribution in [0.25, 0.3) is 0 Å².